The van der Waals surface area contributed by atoms with Gasteiger partial charge in [-0.15, -0.1) is 11.3 Å². The monoisotopic (exact) mass is 338 g/mol. The molecule has 2 rings (SSSR count). The van der Waals surface area contributed by atoms with Gasteiger partial charge in [0.25, 0.3) is 0 Å². The van der Waals surface area contributed by atoms with Crippen LogP contribution in [-0.2, 0) is 11.3 Å². The first kappa shape index (κ1) is 17.6. The molecular weight excluding hydrogens is 312 g/mol. The summed E-state index contributed by atoms with van der Waals surface area (Å²) in [6, 6.07) is 4.60. The van der Waals surface area contributed by atoms with Gasteiger partial charge in [-0.1, -0.05) is 0 Å². The summed E-state index contributed by atoms with van der Waals surface area (Å²) in [7, 11) is 1.78. The summed E-state index contributed by atoms with van der Waals surface area (Å²) in [6.07, 6.45) is 1.59. The van der Waals surface area contributed by atoms with Crippen LogP contribution in [0.1, 0.15) is 29.5 Å². The maximum absolute atomic E-state index is 11.7. The summed E-state index contributed by atoms with van der Waals surface area (Å²) in [5, 5.41) is 6.78. The van der Waals surface area contributed by atoms with E-state index >= 15 is 0 Å². The first-order chi connectivity index (χ1) is 11.1. The maximum atomic E-state index is 11.7. The van der Waals surface area contributed by atoms with E-state index in [2.05, 4.69) is 34.7 Å². The Kier molecular flexibility index (Phi) is 6.70. The minimum atomic E-state index is -0.207. The number of rotatable bonds is 4. The SMILES string of the molecule is CCOC(=O)N1CCC(NC(=NC)NCc2ccc(C)s2)CC1. The van der Waals surface area contributed by atoms with Crippen molar-refractivity contribution in [2.75, 3.05) is 26.7 Å². The first-order valence-electron chi connectivity index (χ1n) is 8.06. The lowest BCUT2D eigenvalue weighted by atomic mass is 10.1. The third kappa shape index (κ3) is 5.42. The van der Waals surface area contributed by atoms with Crippen LogP contribution >= 0.6 is 11.3 Å². The second kappa shape index (κ2) is 8.76. The van der Waals surface area contributed by atoms with Gasteiger partial charge in [-0.05, 0) is 38.8 Å². The van der Waals surface area contributed by atoms with E-state index in [1.165, 1.54) is 9.75 Å². The molecule has 128 valence electrons. The van der Waals surface area contributed by atoms with Gasteiger partial charge in [-0.3, -0.25) is 4.99 Å². The van der Waals surface area contributed by atoms with Crippen molar-refractivity contribution in [3.8, 4) is 0 Å². The Morgan fingerprint density at radius 3 is 2.74 bits per heavy atom. The highest BCUT2D eigenvalue weighted by Crippen LogP contribution is 2.15. The van der Waals surface area contributed by atoms with E-state index in [0.717, 1.165) is 38.4 Å². The van der Waals surface area contributed by atoms with Crippen molar-refractivity contribution >= 4 is 23.4 Å². The molecule has 0 radical (unpaired) electrons. The predicted octanol–water partition coefficient (Wildman–Crippen LogP) is 2.34. The summed E-state index contributed by atoms with van der Waals surface area (Å²) in [5.74, 6) is 0.811. The maximum Gasteiger partial charge on any atom is 0.409 e. The Morgan fingerprint density at radius 1 is 1.43 bits per heavy atom. The van der Waals surface area contributed by atoms with Gasteiger partial charge in [0.1, 0.15) is 0 Å². The zero-order valence-electron chi connectivity index (χ0n) is 14.1. The molecule has 2 N–H and O–H groups in total. The number of likely N-dealkylation sites (tertiary alicyclic amines) is 1. The molecule has 0 saturated carbocycles. The topological polar surface area (TPSA) is 66.0 Å². The van der Waals surface area contributed by atoms with Gasteiger partial charge in [0.15, 0.2) is 5.96 Å². The molecule has 0 unspecified atom stereocenters. The second-order valence-electron chi connectivity index (χ2n) is 5.54. The fourth-order valence-corrected chi connectivity index (χ4v) is 3.39. The molecule has 0 bridgehead atoms. The number of hydrogen-bond donors (Lipinski definition) is 2. The van der Waals surface area contributed by atoms with Crippen LogP contribution < -0.4 is 10.6 Å². The van der Waals surface area contributed by atoms with Gasteiger partial charge in [-0.2, -0.15) is 0 Å². The Morgan fingerprint density at radius 2 is 2.17 bits per heavy atom. The summed E-state index contributed by atoms with van der Waals surface area (Å²) in [4.78, 5) is 20.4. The van der Waals surface area contributed by atoms with Crippen LogP contribution in [0.2, 0.25) is 0 Å². The summed E-state index contributed by atoms with van der Waals surface area (Å²) < 4.78 is 5.04. The van der Waals surface area contributed by atoms with Crippen molar-refractivity contribution < 1.29 is 9.53 Å². The molecule has 23 heavy (non-hydrogen) atoms. The highest BCUT2D eigenvalue weighted by Gasteiger charge is 2.23. The van der Waals surface area contributed by atoms with Crippen LogP contribution in [0.5, 0.6) is 0 Å². The number of piperidine rings is 1. The quantitative estimate of drug-likeness (QED) is 0.653. The van der Waals surface area contributed by atoms with E-state index in [1.54, 1.807) is 23.3 Å². The fraction of sp³-hybridized carbons (Fsp3) is 0.625. The Labute approximate surface area is 141 Å². The smallest absolute Gasteiger partial charge is 0.409 e. The number of carbonyl (C=O) groups is 1. The van der Waals surface area contributed by atoms with Crippen molar-refractivity contribution in [1.29, 1.82) is 0 Å². The van der Waals surface area contributed by atoms with Crippen LogP contribution in [0.25, 0.3) is 0 Å². The standard InChI is InChI=1S/C16H26N4O2S/c1-4-22-16(21)20-9-7-13(8-10-20)19-15(17-3)18-11-14-6-5-12(2)23-14/h5-6,13H,4,7-11H2,1-3H3,(H2,17,18,19). The van der Waals surface area contributed by atoms with E-state index in [0.29, 0.717) is 12.6 Å². The van der Waals surface area contributed by atoms with Gasteiger partial charge in [0, 0.05) is 35.9 Å². The largest absolute Gasteiger partial charge is 0.450 e. The van der Waals surface area contributed by atoms with Crippen molar-refractivity contribution in [1.82, 2.24) is 15.5 Å². The van der Waals surface area contributed by atoms with E-state index in [1.807, 2.05) is 6.92 Å². The number of nitrogens with one attached hydrogen (secondary N) is 2. The second-order valence-corrected chi connectivity index (χ2v) is 6.92. The minimum absolute atomic E-state index is 0.207. The molecule has 0 atom stereocenters. The normalized spacial score (nSPS) is 16.3. The number of thiophene rings is 1. The third-order valence-corrected chi connectivity index (χ3v) is 4.81. The molecule has 7 heteroatoms. The molecule has 0 spiro atoms. The zero-order chi connectivity index (χ0) is 16.7. The summed E-state index contributed by atoms with van der Waals surface area (Å²) in [6.45, 7) is 6.58. The third-order valence-electron chi connectivity index (χ3n) is 3.81. The molecule has 0 aromatic carbocycles. The molecule has 6 nitrogen and oxygen atoms in total. The van der Waals surface area contributed by atoms with Crippen molar-refractivity contribution in [3.05, 3.63) is 21.9 Å². The molecule has 1 amide bonds. The minimum Gasteiger partial charge on any atom is -0.450 e. The number of hydrogen-bond acceptors (Lipinski definition) is 4. The lowest BCUT2D eigenvalue weighted by Crippen LogP contribution is -2.49. The molecule has 1 aromatic heterocycles. The van der Waals surface area contributed by atoms with Crippen molar-refractivity contribution in [2.45, 2.75) is 39.3 Å². The number of nitrogens with zero attached hydrogens (tertiary/aromatic N) is 2. The number of guanidine groups is 1. The molecule has 1 aliphatic heterocycles. The van der Waals surface area contributed by atoms with Crippen molar-refractivity contribution in [2.24, 2.45) is 4.99 Å². The summed E-state index contributed by atoms with van der Waals surface area (Å²) in [5.41, 5.74) is 0. The fourth-order valence-electron chi connectivity index (χ4n) is 2.56. The molecular formula is C16H26N4O2S. The van der Waals surface area contributed by atoms with Crippen molar-refractivity contribution in [3.63, 3.8) is 0 Å². The van der Waals surface area contributed by atoms with Crippen LogP contribution in [0, 0.1) is 6.92 Å². The Bertz CT molecular complexity index is 536. The zero-order valence-corrected chi connectivity index (χ0v) is 14.9. The predicted molar refractivity (Wildman–Crippen MR) is 94.0 cm³/mol. The average Bonchev–Trinajstić information content (AvgIpc) is 2.97. The number of carbonyl (C=O) groups excluding carboxylic acids is 1. The number of aryl methyl sites for hydroxylation is 1. The van der Waals surface area contributed by atoms with Crippen LogP contribution in [0.3, 0.4) is 0 Å². The lowest BCUT2D eigenvalue weighted by molar-refractivity contribution is 0.0963. The first-order valence-corrected chi connectivity index (χ1v) is 8.88. The molecule has 1 fully saturated rings. The highest BCUT2D eigenvalue weighted by atomic mass is 32.1. The van der Waals surface area contributed by atoms with Gasteiger partial charge >= 0.3 is 6.09 Å². The van der Waals surface area contributed by atoms with E-state index in [-0.39, 0.29) is 6.09 Å². The highest BCUT2D eigenvalue weighted by molar-refractivity contribution is 7.11. The van der Waals surface area contributed by atoms with Crippen LogP contribution in [0.4, 0.5) is 4.79 Å². The van der Waals surface area contributed by atoms with Gasteiger partial charge < -0.3 is 20.3 Å². The average molecular weight is 338 g/mol. The number of amides is 1. The number of ether oxygens (including phenoxy) is 1. The van der Waals surface area contributed by atoms with E-state index in [4.69, 9.17) is 4.74 Å². The van der Waals surface area contributed by atoms with Gasteiger partial charge in [0.05, 0.1) is 13.2 Å². The molecule has 1 saturated heterocycles. The Balaban J connectivity index is 1.74. The van der Waals surface area contributed by atoms with E-state index < -0.39 is 0 Å². The molecule has 1 aliphatic rings. The Hall–Kier alpha value is -1.76. The van der Waals surface area contributed by atoms with Gasteiger partial charge in [0.2, 0.25) is 0 Å². The summed E-state index contributed by atoms with van der Waals surface area (Å²) >= 11 is 1.79. The number of aliphatic imine (C=N–C) groups is 1. The van der Waals surface area contributed by atoms with E-state index in [9.17, 15) is 4.79 Å². The van der Waals surface area contributed by atoms with Crippen LogP contribution in [0.15, 0.2) is 17.1 Å². The molecule has 0 aliphatic carbocycles. The van der Waals surface area contributed by atoms with Crippen LogP contribution in [-0.4, -0.2) is 49.7 Å². The van der Waals surface area contributed by atoms with Gasteiger partial charge in [-0.25, -0.2) is 4.79 Å². The molecule has 2 heterocycles. The molecule has 1 aromatic rings. The lowest BCUT2D eigenvalue weighted by Gasteiger charge is -2.32.